The quantitative estimate of drug-likeness (QED) is 0.518. The van der Waals surface area contributed by atoms with Gasteiger partial charge in [0.2, 0.25) is 0 Å². The van der Waals surface area contributed by atoms with Crippen LogP contribution in [0.5, 0.6) is 0 Å². The van der Waals surface area contributed by atoms with Crippen molar-refractivity contribution in [3.63, 3.8) is 0 Å². The summed E-state index contributed by atoms with van der Waals surface area (Å²) in [6.07, 6.45) is 7.82. The van der Waals surface area contributed by atoms with Crippen LogP contribution in [-0.2, 0) is 12.8 Å². The van der Waals surface area contributed by atoms with Gasteiger partial charge in [0.05, 0.1) is 6.21 Å². The molecule has 6 heteroatoms. The molecule has 0 saturated heterocycles. The summed E-state index contributed by atoms with van der Waals surface area (Å²) in [6.45, 7) is 0. The van der Waals surface area contributed by atoms with E-state index >= 15 is 0 Å². The zero-order valence-electron chi connectivity index (χ0n) is 12.4. The number of amides is 1. The molecule has 1 aromatic heterocycles. The standard InChI is InChI=1S/C16H18N4OS/c1-22-12-8-6-11(7-9-12)10-17-20-16(21)15-13-4-2-3-5-14(13)18-19-15/h6-10H,2-5H2,1H3,(H,18,19)(H,20,21)/b17-10+. The van der Waals surface area contributed by atoms with E-state index in [4.69, 9.17) is 0 Å². The number of nitrogens with one attached hydrogen (secondary N) is 2. The molecule has 0 saturated carbocycles. The first-order valence-corrected chi connectivity index (χ1v) is 8.54. The van der Waals surface area contributed by atoms with Gasteiger partial charge in [0.15, 0.2) is 5.69 Å². The second kappa shape index (κ2) is 6.79. The Bertz CT molecular complexity index is 691. The van der Waals surface area contributed by atoms with Gasteiger partial charge in [-0.1, -0.05) is 12.1 Å². The van der Waals surface area contributed by atoms with E-state index in [1.165, 1.54) is 4.90 Å². The minimum atomic E-state index is -0.253. The van der Waals surface area contributed by atoms with E-state index in [0.29, 0.717) is 5.69 Å². The lowest BCUT2D eigenvalue weighted by atomic mass is 9.96. The summed E-state index contributed by atoms with van der Waals surface area (Å²) in [4.78, 5) is 13.4. The zero-order chi connectivity index (χ0) is 15.4. The number of aryl methyl sites for hydroxylation is 1. The van der Waals surface area contributed by atoms with Crippen LogP contribution in [-0.4, -0.2) is 28.6 Å². The number of hydrogen-bond acceptors (Lipinski definition) is 4. The van der Waals surface area contributed by atoms with Gasteiger partial charge in [-0.15, -0.1) is 11.8 Å². The van der Waals surface area contributed by atoms with Crippen molar-refractivity contribution >= 4 is 23.9 Å². The Hall–Kier alpha value is -2.08. The van der Waals surface area contributed by atoms with Crippen molar-refractivity contribution in [1.29, 1.82) is 0 Å². The topological polar surface area (TPSA) is 70.1 Å². The van der Waals surface area contributed by atoms with Crippen LogP contribution >= 0.6 is 11.8 Å². The molecular weight excluding hydrogens is 296 g/mol. The third-order valence-electron chi connectivity index (χ3n) is 3.77. The molecule has 114 valence electrons. The monoisotopic (exact) mass is 314 g/mol. The van der Waals surface area contributed by atoms with E-state index in [1.807, 2.05) is 30.5 Å². The molecule has 0 radical (unpaired) electrons. The average Bonchev–Trinajstić information content (AvgIpc) is 2.99. The van der Waals surface area contributed by atoms with Gasteiger partial charge >= 0.3 is 0 Å². The van der Waals surface area contributed by atoms with Crippen LogP contribution < -0.4 is 5.43 Å². The molecule has 0 spiro atoms. The number of carbonyl (C=O) groups is 1. The summed E-state index contributed by atoms with van der Waals surface area (Å²) in [6, 6.07) is 7.99. The Balaban J connectivity index is 1.64. The van der Waals surface area contributed by atoms with Gasteiger partial charge < -0.3 is 0 Å². The van der Waals surface area contributed by atoms with Crippen molar-refractivity contribution in [2.45, 2.75) is 30.6 Å². The Morgan fingerprint density at radius 3 is 2.86 bits per heavy atom. The molecule has 1 aromatic carbocycles. The number of benzene rings is 1. The van der Waals surface area contributed by atoms with Crippen LogP contribution in [0.2, 0.25) is 0 Å². The van der Waals surface area contributed by atoms with Crippen LogP contribution in [0.4, 0.5) is 0 Å². The van der Waals surface area contributed by atoms with Crippen LogP contribution in [0.3, 0.4) is 0 Å². The first-order valence-electron chi connectivity index (χ1n) is 7.31. The predicted molar refractivity (Wildman–Crippen MR) is 88.5 cm³/mol. The molecule has 2 N–H and O–H groups in total. The largest absolute Gasteiger partial charge is 0.292 e. The molecule has 0 unspecified atom stereocenters. The number of hydrogen-bond donors (Lipinski definition) is 2. The summed E-state index contributed by atoms with van der Waals surface area (Å²) in [7, 11) is 0. The molecule has 1 heterocycles. The third kappa shape index (κ3) is 3.22. The maximum atomic E-state index is 12.2. The van der Waals surface area contributed by atoms with Gasteiger partial charge in [0, 0.05) is 16.2 Å². The third-order valence-corrected chi connectivity index (χ3v) is 4.51. The van der Waals surface area contributed by atoms with Gasteiger partial charge in [0.1, 0.15) is 0 Å². The van der Waals surface area contributed by atoms with E-state index in [9.17, 15) is 4.79 Å². The van der Waals surface area contributed by atoms with Gasteiger partial charge in [0.25, 0.3) is 5.91 Å². The minimum absolute atomic E-state index is 0.253. The van der Waals surface area contributed by atoms with Crippen molar-refractivity contribution in [3.05, 3.63) is 46.8 Å². The molecule has 0 bridgehead atoms. The lowest BCUT2D eigenvalue weighted by molar-refractivity contribution is 0.0949. The van der Waals surface area contributed by atoms with Gasteiger partial charge in [-0.2, -0.15) is 10.2 Å². The summed E-state index contributed by atoms with van der Waals surface area (Å²) in [5.41, 5.74) is 6.11. The molecule has 1 aliphatic rings. The van der Waals surface area contributed by atoms with E-state index in [1.54, 1.807) is 18.0 Å². The summed E-state index contributed by atoms with van der Waals surface area (Å²) >= 11 is 1.69. The highest BCUT2D eigenvalue weighted by molar-refractivity contribution is 7.98. The molecular formula is C16H18N4OS. The van der Waals surface area contributed by atoms with Crippen LogP contribution in [0.25, 0.3) is 0 Å². The van der Waals surface area contributed by atoms with E-state index in [0.717, 1.165) is 42.5 Å². The number of aromatic amines is 1. The van der Waals surface area contributed by atoms with E-state index < -0.39 is 0 Å². The molecule has 1 amide bonds. The van der Waals surface area contributed by atoms with Crippen molar-refractivity contribution in [2.24, 2.45) is 5.10 Å². The second-order valence-corrected chi connectivity index (χ2v) is 6.09. The molecule has 0 atom stereocenters. The number of nitrogens with zero attached hydrogens (tertiary/aromatic N) is 2. The fraction of sp³-hybridized carbons (Fsp3) is 0.312. The molecule has 0 aliphatic heterocycles. The fourth-order valence-electron chi connectivity index (χ4n) is 2.58. The highest BCUT2D eigenvalue weighted by atomic mass is 32.2. The first kappa shape index (κ1) is 14.8. The van der Waals surface area contributed by atoms with Gasteiger partial charge in [-0.3, -0.25) is 9.89 Å². The second-order valence-electron chi connectivity index (χ2n) is 5.21. The lowest BCUT2D eigenvalue weighted by Gasteiger charge is -2.10. The van der Waals surface area contributed by atoms with Crippen molar-refractivity contribution in [2.75, 3.05) is 6.26 Å². The normalized spacial score (nSPS) is 14.0. The number of fused-ring (bicyclic) bond motifs is 1. The minimum Gasteiger partial charge on any atom is -0.281 e. The average molecular weight is 314 g/mol. The Kier molecular flexibility index (Phi) is 4.58. The number of carbonyl (C=O) groups excluding carboxylic acids is 1. The molecule has 2 aromatic rings. The SMILES string of the molecule is CSc1ccc(/C=N/NC(=O)c2n[nH]c3c2CCCC3)cc1. The summed E-state index contributed by atoms with van der Waals surface area (Å²) in [5, 5.41) is 11.1. The Labute approximate surface area is 133 Å². The smallest absolute Gasteiger partial charge is 0.281 e. The van der Waals surface area contributed by atoms with E-state index in [-0.39, 0.29) is 5.91 Å². The number of H-pyrrole nitrogens is 1. The Morgan fingerprint density at radius 1 is 1.32 bits per heavy atom. The molecule has 5 nitrogen and oxygen atoms in total. The molecule has 3 rings (SSSR count). The number of aromatic nitrogens is 2. The maximum Gasteiger partial charge on any atom is 0.292 e. The predicted octanol–water partition coefficient (Wildman–Crippen LogP) is 2.77. The van der Waals surface area contributed by atoms with Crippen LogP contribution in [0.15, 0.2) is 34.3 Å². The van der Waals surface area contributed by atoms with Gasteiger partial charge in [-0.25, -0.2) is 5.43 Å². The number of hydrazone groups is 1. The summed E-state index contributed by atoms with van der Waals surface area (Å²) < 4.78 is 0. The summed E-state index contributed by atoms with van der Waals surface area (Å²) in [5.74, 6) is -0.253. The number of rotatable bonds is 4. The molecule has 1 aliphatic carbocycles. The highest BCUT2D eigenvalue weighted by Gasteiger charge is 2.21. The Morgan fingerprint density at radius 2 is 2.09 bits per heavy atom. The fourth-order valence-corrected chi connectivity index (χ4v) is 2.99. The van der Waals surface area contributed by atoms with E-state index in [2.05, 4.69) is 20.7 Å². The number of thioether (sulfide) groups is 1. The first-order chi connectivity index (χ1) is 10.8. The maximum absolute atomic E-state index is 12.2. The zero-order valence-corrected chi connectivity index (χ0v) is 13.2. The van der Waals surface area contributed by atoms with Crippen molar-refractivity contribution in [1.82, 2.24) is 15.6 Å². The molecule has 0 fully saturated rings. The van der Waals surface area contributed by atoms with Crippen LogP contribution in [0, 0.1) is 0 Å². The van der Waals surface area contributed by atoms with Crippen molar-refractivity contribution in [3.8, 4) is 0 Å². The lowest BCUT2D eigenvalue weighted by Crippen LogP contribution is -2.20. The van der Waals surface area contributed by atoms with Crippen molar-refractivity contribution < 1.29 is 4.79 Å². The molecule has 22 heavy (non-hydrogen) atoms. The highest BCUT2D eigenvalue weighted by Crippen LogP contribution is 2.21. The van der Waals surface area contributed by atoms with Crippen LogP contribution in [0.1, 0.15) is 40.2 Å². The van der Waals surface area contributed by atoms with Gasteiger partial charge in [-0.05, 0) is 49.6 Å².